The normalized spacial score (nSPS) is 17.3. The molecule has 3 heterocycles. The van der Waals surface area contributed by atoms with Gasteiger partial charge in [-0.3, -0.25) is 10.1 Å². The first-order valence-corrected chi connectivity index (χ1v) is 10.5. The number of anilines is 2. The summed E-state index contributed by atoms with van der Waals surface area (Å²) in [5.41, 5.74) is 2.02. The zero-order valence-corrected chi connectivity index (χ0v) is 17.9. The molecule has 2 atom stereocenters. The zero-order valence-electron chi connectivity index (χ0n) is 17.2. The van der Waals surface area contributed by atoms with Crippen molar-refractivity contribution in [2.45, 2.75) is 18.5 Å². The summed E-state index contributed by atoms with van der Waals surface area (Å²) in [4.78, 5) is 16.9. The predicted octanol–water partition coefficient (Wildman–Crippen LogP) is 4.93. The third-order valence-corrected chi connectivity index (χ3v) is 5.79. The quantitative estimate of drug-likeness (QED) is 0.448. The molecule has 2 aromatic carbocycles. The fraction of sp³-hybridized carbons (Fsp3) is 0.174. The van der Waals surface area contributed by atoms with Crippen LogP contribution in [0.1, 0.15) is 40.2 Å². The minimum absolute atomic E-state index is 0.0347. The highest BCUT2D eigenvalue weighted by atomic mass is 35.5. The summed E-state index contributed by atoms with van der Waals surface area (Å²) in [6, 6.07) is 18.6. The first-order valence-electron chi connectivity index (χ1n) is 10.1. The summed E-state index contributed by atoms with van der Waals surface area (Å²) in [5, 5.41) is 11.3. The zero-order chi connectivity index (χ0) is 22.1. The standard InChI is InChI=1S/C23H20ClN5O3/c1-31-15-10-8-14(9-11-15)18-13-19(16-5-2-3-6-17(16)24)29-23(25-18)27-22(28-29)26-21(30)20-7-4-12-32-20/h2-12,18-19H,13H2,1H3,(H2,25,26,27,28,30)/t18-,19+/m0/s1. The molecule has 2 aromatic heterocycles. The molecule has 32 heavy (non-hydrogen) atoms. The van der Waals surface area contributed by atoms with Gasteiger partial charge in [0.15, 0.2) is 5.76 Å². The van der Waals surface area contributed by atoms with Gasteiger partial charge in [-0.1, -0.05) is 41.9 Å². The second-order valence-electron chi connectivity index (χ2n) is 7.38. The van der Waals surface area contributed by atoms with E-state index in [1.54, 1.807) is 23.9 Å². The Morgan fingerprint density at radius 1 is 1.19 bits per heavy atom. The molecule has 1 aliphatic rings. The van der Waals surface area contributed by atoms with Gasteiger partial charge in [0.05, 0.1) is 25.5 Å². The highest BCUT2D eigenvalue weighted by molar-refractivity contribution is 6.31. The van der Waals surface area contributed by atoms with Gasteiger partial charge < -0.3 is 14.5 Å². The van der Waals surface area contributed by atoms with E-state index in [1.807, 2.05) is 48.5 Å². The minimum Gasteiger partial charge on any atom is -0.497 e. The lowest BCUT2D eigenvalue weighted by molar-refractivity contribution is 0.0995. The van der Waals surface area contributed by atoms with Gasteiger partial charge in [-0.05, 0) is 47.9 Å². The van der Waals surface area contributed by atoms with Crippen molar-refractivity contribution < 1.29 is 13.9 Å². The van der Waals surface area contributed by atoms with Crippen LogP contribution in [0.4, 0.5) is 11.9 Å². The number of hydrogen-bond acceptors (Lipinski definition) is 6. The summed E-state index contributed by atoms with van der Waals surface area (Å²) < 4.78 is 12.2. The number of carbonyl (C=O) groups is 1. The molecule has 9 heteroatoms. The fourth-order valence-electron chi connectivity index (χ4n) is 3.86. The first kappa shape index (κ1) is 20.1. The largest absolute Gasteiger partial charge is 0.497 e. The third kappa shape index (κ3) is 3.80. The molecule has 5 rings (SSSR count). The molecule has 0 saturated heterocycles. The van der Waals surface area contributed by atoms with Crippen LogP contribution in [0.25, 0.3) is 0 Å². The highest BCUT2D eigenvalue weighted by Crippen LogP contribution is 2.40. The van der Waals surface area contributed by atoms with E-state index >= 15 is 0 Å². The lowest BCUT2D eigenvalue weighted by Crippen LogP contribution is -2.28. The van der Waals surface area contributed by atoms with Crippen molar-refractivity contribution in [2.24, 2.45) is 0 Å². The fourth-order valence-corrected chi connectivity index (χ4v) is 4.12. The van der Waals surface area contributed by atoms with Crippen molar-refractivity contribution >= 4 is 29.4 Å². The number of rotatable bonds is 5. The molecule has 0 unspecified atom stereocenters. The van der Waals surface area contributed by atoms with Gasteiger partial charge >= 0.3 is 0 Å². The van der Waals surface area contributed by atoms with E-state index in [0.717, 1.165) is 16.9 Å². The SMILES string of the molecule is COc1ccc([C@@H]2C[C@H](c3ccccc3Cl)n3nc(NC(=O)c4ccco4)nc3N2)cc1. The number of benzene rings is 2. The van der Waals surface area contributed by atoms with E-state index in [0.29, 0.717) is 17.4 Å². The van der Waals surface area contributed by atoms with Crippen LogP contribution in [-0.2, 0) is 0 Å². The molecule has 0 spiro atoms. The molecule has 4 aromatic rings. The van der Waals surface area contributed by atoms with E-state index < -0.39 is 5.91 Å². The number of fused-ring (bicyclic) bond motifs is 1. The van der Waals surface area contributed by atoms with Crippen molar-refractivity contribution in [3.8, 4) is 5.75 Å². The Balaban J connectivity index is 1.50. The van der Waals surface area contributed by atoms with Gasteiger partial charge in [0, 0.05) is 5.02 Å². The summed E-state index contributed by atoms with van der Waals surface area (Å²) in [6.45, 7) is 0. The summed E-state index contributed by atoms with van der Waals surface area (Å²) in [5.74, 6) is 1.28. The molecule has 0 bridgehead atoms. The van der Waals surface area contributed by atoms with Crippen LogP contribution in [0.15, 0.2) is 71.3 Å². The average Bonchev–Trinajstić information content (AvgIpc) is 3.49. The van der Waals surface area contributed by atoms with Crippen LogP contribution in [0.3, 0.4) is 0 Å². The summed E-state index contributed by atoms with van der Waals surface area (Å²) in [6.07, 6.45) is 2.13. The lowest BCUT2D eigenvalue weighted by Gasteiger charge is -2.32. The molecule has 0 fully saturated rings. The van der Waals surface area contributed by atoms with Gasteiger partial charge in [0.25, 0.3) is 11.9 Å². The Morgan fingerprint density at radius 3 is 2.72 bits per heavy atom. The van der Waals surface area contributed by atoms with E-state index in [1.165, 1.54) is 6.26 Å². The minimum atomic E-state index is -0.418. The van der Waals surface area contributed by atoms with Gasteiger partial charge in [0.1, 0.15) is 5.75 Å². The van der Waals surface area contributed by atoms with Crippen molar-refractivity contribution in [1.29, 1.82) is 0 Å². The number of halogens is 1. The molecule has 1 aliphatic heterocycles. The molecule has 162 valence electrons. The van der Waals surface area contributed by atoms with Gasteiger partial charge in [0.2, 0.25) is 5.95 Å². The number of methoxy groups -OCH3 is 1. The number of aromatic nitrogens is 3. The molecule has 8 nitrogen and oxygen atoms in total. The van der Waals surface area contributed by atoms with Crippen LogP contribution in [-0.4, -0.2) is 27.8 Å². The lowest BCUT2D eigenvalue weighted by atomic mass is 9.93. The van der Waals surface area contributed by atoms with Crippen molar-refractivity contribution in [1.82, 2.24) is 14.8 Å². The molecule has 0 aliphatic carbocycles. The molecule has 0 saturated carbocycles. The predicted molar refractivity (Wildman–Crippen MR) is 120 cm³/mol. The first-order chi connectivity index (χ1) is 15.6. The number of furan rings is 1. The molecule has 0 radical (unpaired) electrons. The molecular weight excluding hydrogens is 430 g/mol. The van der Waals surface area contributed by atoms with Crippen LogP contribution < -0.4 is 15.4 Å². The van der Waals surface area contributed by atoms with Crippen LogP contribution in [0.5, 0.6) is 5.75 Å². The number of hydrogen-bond donors (Lipinski definition) is 2. The molecule has 1 amide bonds. The Bertz CT molecular complexity index is 1240. The maximum atomic E-state index is 12.4. The Morgan fingerprint density at radius 2 is 2.00 bits per heavy atom. The van der Waals surface area contributed by atoms with Crippen molar-refractivity contribution in [3.63, 3.8) is 0 Å². The Kier molecular flexibility index (Phi) is 5.28. The number of ether oxygens (including phenoxy) is 1. The highest BCUT2D eigenvalue weighted by Gasteiger charge is 2.32. The summed E-state index contributed by atoms with van der Waals surface area (Å²) in [7, 11) is 1.64. The van der Waals surface area contributed by atoms with Crippen molar-refractivity contribution in [2.75, 3.05) is 17.7 Å². The van der Waals surface area contributed by atoms with Crippen LogP contribution in [0, 0.1) is 0 Å². The average molecular weight is 450 g/mol. The van der Waals surface area contributed by atoms with Crippen LogP contribution in [0.2, 0.25) is 5.02 Å². The monoisotopic (exact) mass is 449 g/mol. The number of nitrogens with one attached hydrogen (secondary N) is 2. The van der Waals surface area contributed by atoms with E-state index in [-0.39, 0.29) is 23.8 Å². The third-order valence-electron chi connectivity index (χ3n) is 5.44. The van der Waals surface area contributed by atoms with E-state index in [2.05, 4.69) is 20.7 Å². The van der Waals surface area contributed by atoms with Crippen LogP contribution >= 0.6 is 11.6 Å². The maximum absolute atomic E-state index is 12.4. The van der Waals surface area contributed by atoms with E-state index in [9.17, 15) is 4.79 Å². The smallest absolute Gasteiger partial charge is 0.293 e. The number of carbonyl (C=O) groups excluding carboxylic acids is 1. The number of amides is 1. The topological polar surface area (TPSA) is 94.2 Å². The molecular formula is C23H20ClN5O3. The van der Waals surface area contributed by atoms with E-state index in [4.69, 9.17) is 20.8 Å². The van der Waals surface area contributed by atoms with Gasteiger partial charge in [-0.15, -0.1) is 5.10 Å². The summed E-state index contributed by atoms with van der Waals surface area (Å²) >= 11 is 6.54. The maximum Gasteiger partial charge on any atom is 0.293 e. The second-order valence-corrected chi connectivity index (χ2v) is 7.79. The molecule has 2 N–H and O–H groups in total. The van der Waals surface area contributed by atoms with Gasteiger partial charge in [-0.2, -0.15) is 4.98 Å². The second kappa shape index (κ2) is 8.39. The van der Waals surface area contributed by atoms with Gasteiger partial charge in [-0.25, -0.2) is 4.68 Å². The van der Waals surface area contributed by atoms with Crippen molar-refractivity contribution in [3.05, 3.63) is 88.8 Å². The Labute approximate surface area is 189 Å². The number of nitrogens with zero attached hydrogens (tertiary/aromatic N) is 3. The Hall–Kier alpha value is -3.78.